The molecule has 0 heterocycles. The fraction of sp³-hybridized carbons (Fsp3) is 0.125. The number of carbonyl (C=O) groups excluding carboxylic acids is 2. The van der Waals surface area contributed by atoms with Crippen molar-refractivity contribution in [1.82, 2.24) is 5.32 Å². The van der Waals surface area contributed by atoms with Crippen LogP contribution in [0.5, 0.6) is 0 Å². The molecule has 0 atom stereocenters. The molecular formula is C16H14Cl3N3O2. The minimum Gasteiger partial charge on any atom is -0.329 e. The first-order valence-corrected chi connectivity index (χ1v) is 8.04. The minimum atomic E-state index is -0.548. The van der Waals surface area contributed by atoms with Gasteiger partial charge in [-0.1, -0.05) is 40.9 Å². The van der Waals surface area contributed by atoms with Crippen LogP contribution in [0.15, 0.2) is 36.4 Å². The van der Waals surface area contributed by atoms with Gasteiger partial charge < -0.3 is 16.0 Å². The Kier molecular flexibility index (Phi) is 6.31. The highest BCUT2D eigenvalue weighted by Gasteiger charge is 2.10. The Balaban J connectivity index is 1.87. The summed E-state index contributed by atoms with van der Waals surface area (Å²) >= 11 is 17.8. The molecule has 0 spiro atoms. The van der Waals surface area contributed by atoms with Crippen LogP contribution in [-0.4, -0.2) is 18.5 Å². The second kappa shape index (κ2) is 8.24. The topological polar surface area (TPSA) is 70.2 Å². The Morgan fingerprint density at radius 2 is 1.67 bits per heavy atom. The summed E-state index contributed by atoms with van der Waals surface area (Å²) in [7, 11) is 0. The Morgan fingerprint density at radius 1 is 0.917 bits per heavy atom. The van der Waals surface area contributed by atoms with Gasteiger partial charge in [-0.15, -0.1) is 0 Å². The van der Waals surface area contributed by atoms with Crippen molar-refractivity contribution in [2.24, 2.45) is 0 Å². The van der Waals surface area contributed by atoms with Crippen LogP contribution >= 0.6 is 34.8 Å². The molecule has 0 radical (unpaired) electrons. The van der Waals surface area contributed by atoms with E-state index in [0.717, 1.165) is 5.56 Å². The first kappa shape index (κ1) is 18.4. The molecule has 0 unspecified atom stereocenters. The average molecular weight is 387 g/mol. The molecule has 0 aliphatic rings. The molecule has 0 saturated heterocycles. The average Bonchev–Trinajstić information content (AvgIpc) is 2.52. The zero-order valence-corrected chi connectivity index (χ0v) is 14.9. The van der Waals surface area contributed by atoms with E-state index in [1.54, 1.807) is 24.3 Å². The Bertz CT molecular complexity index is 781. The van der Waals surface area contributed by atoms with E-state index in [1.165, 1.54) is 6.07 Å². The smallest absolute Gasteiger partial charge is 0.319 e. The molecular weight excluding hydrogens is 373 g/mol. The first-order chi connectivity index (χ1) is 11.3. The van der Waals surface area contributed by atoms with Crippen molar-refractivity contribution in [3.63, 3.8) is 0 Å². The lowest BCUT2D eigenvalue weighted by Crippen LogP contribution is -2.35. The first-order valence-electron chi connectivity index (χ1n) is 6.91. The van der Waals surface area contributed by atoms with Gasteiger partial charge in [0.05, 0.1) is 28.0 Å². The highest BCUT2D eigenvalue weighted by atomic mass is 35.5. The number of amides is 3. The molecule has 8 heteroatoms. The molecule has 0 bridgehead atoms. The van der Waals surface area contributed by atoms with Crippen LogP contribution in [0, 0.1) is 6.92 Å². The van der Waals surface area contributed by atoms with Crippen LogP contribution in [0.25, 0.3) is 0 Å². The molecule has 2 rings (SSSR count). The second-order valence-corrected chi connectivity index (χ2v) is 6.21. The molecule has 0 saturated carbocycles. The van der Waals surface area contributed by atoms with E-state index in [1.807, 2.05) is 13.0 Å². The van der Waals surface area contributed by atoms with Crippen LogP contribution < -0.4 is 16.0 Å². The summed E-state index contributed by atoms with van der Waals surface area (Å²) in [6.07, 6.45) is 0. The summed E-state index contributed by atoms with van der Waals surface area (Å²) in [4.78, 5) is 23.7. The van der Waals surface area contributed by atoms with Crippen LogP contribution in [0.4, 0.5) is 16.2 Å². The fourth-order valence-corrected chi connectivity index (χ4v) is 2.46. The minimum absolute atomic E-state index is 0.238. The van der Waals surface area contributed by atoms with E-state index in [-0.39, 0.29) is 6.54 Å². The molecule has 0 aliphatic carbocycles. The zero-order chi connectivity index (χ0) is 17.7. The Hall–Kier alpha value is -1.95. The maximum absolute atomic E-state index is 11.9. The molecule has 0 aromatic heterocycles. The third-order valence-electron chi connectivity index (χ3n) is 2.98. The van der Waals surface area contributed by atoms with E-state index in [4.69, 9.17) is 34.8 Å². The molecule has 2 aromatic rings. The largest absolute Gasteiger partial charge is 0.329 e. The Morgan fingerprint density at radius 3 is 2.38 bits per heavy atom. The number of halogens is 3. The van der Waals surface area contributed by atoms with Gasteiger partial charge in [-0.2, -0.15) is 0 Å². The van der Waals surface area contributed by atoms with Crippen LogP contribution in [-0.2, 0) is 4.79 Å². The molecule has 2 aromatic carbocycles. The van der Waals surface area contributed by atoms with Crippen molar-refractivity contribution in [2.75, 3.05) is 17.2 Å². The molecule has 3 N–H and O–H groups in total. The molecule has 5 nitrogen and oxygen atoms in total. The summed E-state index contributed by atoms with van der Waals surface area (Å²) in [5.74, 6) is -0.440. The number of nitrogens with one attached hydrogen (secondary N) is 3. The lowest BCUT2D eigenvalue weighted by atomic mass is 10.2. The van der Waals surface area contributed by atoms with Crippen LogP contribution in [0.2, 0.25) is 15.1 Å². The normalized spacial score (nSPS) is 10.2. The van der Waals surface area contributed by atoms with E-state index >= 15 is 0 Å². The van der Waals surface area contributed by atoms with Gasteiger partial charge in [0.15, 0.2) is 0 Å². The number of aryl methyl sites for hydroxylation is 1. The predicted molar refractivity (Wildman–Crippen MR) is 98.3 cm³/mol. The predicted octanol–water partition coefficient (Wildman–Crippen LogP) is 4.72. The Labute approximate surface area is 154 Å². The van der Waals surface area contributed by atoms with Crippen molar-refractivity contribution in [1.29, 1.82) is 0 Å². The standard InChI is InChI=1S/C16H14Cl3N3O2/c1-9-2-5-13(12(19)6-9)22-16(24)20-8-15(23)21-14-7-10(17)3-4-11(14)18/h2-7H,8H2,1H3,(H,21,23)(H2,20,22,24). The zero-order valence-electron chi connectivity index (χ0n) is 12.6. The highest BCUT2D eigenvalue weighted by Crippen LogP contribution is 2.25. The van der Waals surface area contributed by atoms with Gasteiger partial charge >= 0.3 is 6.03 Å². The summed E-state index contributed by atoms with van der Waals surface area (Å²) in [6.45, 7) is 1.65. The molecule has 3 amide bonds. The number of hydrogen-bond donors (Lipinski definition) is 3. The maximum atomic E-state index is 11.9. The van der Waals surface area contributed by atoms with E-state index in [0.29, 0.717) is 26.4 Å². The van der Waals surface area contributed by atoms with E-state index < -0.39 is 11.9 Å². The van der Waals surface area contributed by atoms with E-state index in [9.17, 15) is 9.59 Å². The number of benzene rings is 2. The van der Waals surface area contributed by atoms with Crippen molar-refractivity contribution in [3.05, 3.63) is 57.0 Å². The van der Waals surface area contributed by atoms with Crippen molar-refractivity contribution < 1.29 is 9.59 Å². The lowest BCUT2D eigenvalue weighted by molar-refractivity contribution is -0.115. The van der Waals surface area contributed by atoms with Crippen molar-refractivity contribution in [2.45, 2.75) is 6.92 Å². The second-order valence-electron chi connectivity index (χ2n) is 4.96. The summed E-state index contributed by atoms with van der Waals surface area (Å²) in [5, 5.41) is 8.77. The molecule has 0 fully saturated rings. The van der Waals surface area contributed by atoms with Gasteiger partial charge in [0, 0.05) is 5.02 Å². The van der Waals surface area contributed by atoms with Gasteiger partial charge in [0.2, 0.25) is 5.91 Å². The number of rotatable bonds is 4. The van der Waals surface area contributed by atoms with Crippen LogP contribution in [0.1, 0.15) is 5.56 Å². The maximum Gasteiger partial charge on any atom is 0.319 e. The van der Waals surface area contributed by atoms with E-state index in [2.05, 4.69) is 16.0 Å². The van der Waals surface area contributed by atoms with Gasteiger partial charge in [-0.25, -0.2) is 4.79 Å². The third kappa shape index (κ3) is 5.30. The monoisotopic (exact) mass is 385 g/mol. The van der Waals surface area contributed by atoms with Gasteiger partial charge in [-0.05, 0) is 42.8 Å². The fourth-order valence-electron chi connectivity index (χ4n) is 1.84. The number of urea groups is 1. The summed E-state index contributed by atoms with van der Waals surface area (Å²) in [5.41, 5.74) is 1.81. The number of anilines is 2. The summed E-state index contributed by atoms with van der Waals surface area (Å²) < 4.78 is 0. The van der Waals surface area contributed by atoms with Crippen molar-refractivity contribution >= 4 is 58.1 Å². The molecule has 0 aliphatic heterocycles. The number of hydrogen-bond acceptors (Lipinski definition) is 2. The quantitative estimate of drug-likeness (QED) is 0.712. The number of carbonyl (C=O) groups is 2. The summed E-state index contributed by atoms with van der Waals surface area (Å²) in [6, 6.07) is 9.38. The van der Waals surface area contributed by atoms with Crippen LogP contribution in [0.3, 0.4) is 0 Å². The highest BCUT2D eigenvalue weighted by molar-refractivity contribution is 6.35. The van der Waals surface area contributed by atoms with Crippen molar-refractivity contribution in [3.8, 4) is 0 Å². The third-order valence-corrected chi connectivity index (χ3v) is 3.86. The SMILES string of the molecule is Cc1ccc(NC(=O)NCC(=O)Nc2cc(Cl)ccc2Cl)c(Cl)c1. The van der Waals surface area contributed by atoms with Gasteiger partial charge in [0.1, 0.15) is 0 Å². The lowest BCUT2D eigenvalue weighted by Gasteiger charge is -2.10. The van der Waals surface area contributed by atoms with Gasteiger partial charge in [0.25, 0.3) is 0 Å². The molecule has 24 heavy (non-hydrogen) atoms. The molecule has 126 valence electrons. The van der Waals surface area contributed by atoms with Gasteiger partial charge in [-0.3, -0.25) is 4.79 Å².